The molecule has 1 aliphatic rings. The van der Waals surface area contributed by atoms with E-state index in [0.29, 0.717) is 12.8 Å². The predicted molar refractivity (Wildman–Crippen MR) is 69.6 cm³/mol. The lowest BCUT2D eigenvalue weighted by Gasteiger charge is -2.14. The van der Waals surface area contributed by atoms with Gasteiger partial charge in [-0.15, -0.1) is 0 Å². The van der Waals surface area contributed by atoms with Gasteiger partial charge in [-0.2, -0.15) is 0 Å². The second kappa shape index (κ2) is 7.59. The zero-order valence-electron chi connectivity index (χ0n) is 11.4. The summed E-state index contributed by atoms with van der Waals surface area (Å²) in [6, 6.07) is 0. The van der Waals surface area contributed by atoms with Gasteiger partial charge in [0.1, 0.15) is 0 Å². The maximum absolute atomic E-state index is 11.6. The van der Waals surface area contributed by atoms with Gasteiger partial charge in [0.2, 0.25) is 0 Å². The van der Waals surface area contributed by atoms with Gasteiger partial charge in [-0.3, -0.25) is 4.79 Å². The molecular weight excluding hydrogens is 264 g/mol. The minimum atomic E-state index is -1.01. The lowest BCUT2D eigenvalue weighted by molar-refractivity contribution is -0.147. The van der Waals surface area contributed by atoms with Crippen molar-refractivity contribution in [3.8, 4) is 0 Å². The predicted octanol–water partition coefficient (Wildman–Crippen LogP) is 0.686. The molecule has 0 aromatic carbocycles. The summed E-state index contributed by atoms with van der Waals surface area (Å²) in [5.74, 6) is -1.88. The molecule has 6 nitrogen and oxygen atoms in total. The van der Waals surface area contributed by atoms with E-state index in [1.807, 2.05) is 0 Å². The quantitative estimate of drug-likeness (QED) is 0.657. The number of ketones is 1. The third-order valence-corrected chi connectivity index (χ3v) is 2.72. The average molecular weight is 282 g/mol. The molecule has 6 heteroatoms. The number of rotatable bonds is 0. The van der Waals surface area contributed by atoms with Gasteiger partial charge in [0.05, 0.1) is 12.2 Å². The highest BCUT2D eigenvalue weighted by atomic mass is 16.5. The Morgan fingerprint density at radius 3 is 2.35 bits per heavy atom. The molecule has 0 amide bonds. The highest BCUT2D eigenvalue weighted by Gasteiger charge is 2.16. The molecule has 0 aromatic rings. The van der Waals surface area contributed by atoms with E-state index in [4.69, 9.17) is 9.47 Å². The summed E-state index contributed by atoms with van der Waals surface area (Å²) >= 11 is 0. The number of aliphatic hydroxyl groups excluding tert-OH is 1. The van der Waals surface area contributed by atoms with Crippen LogP contribution in [0.15, 0.2) is 24.3 Å². The Kier molecular flexibility index (Phi) is 6.11. The van der Waals surface area contributed by atoms with Gasteiger partial charge in [0, 0.05) is 12.2 Å². The van der Waals surface area contributed by atoms with Crippen molar-refractivity contribution in [1.82, 2.24) is 0 Å². The van der Waals surface area contributed by atoms with Gasteiger partial charge in [0.15, 0.2) is 11.9 Å². The van der Waals surface area contributed by atoms with Gasteiger partial charge in [-0.05, 0) is 38.8 Å². The fourth-order valence-electron chi connectivity index (χ4n) is 1.55. The number of hydrogen-bond acceptors (Lipinski definition) is 6. The molecule has 0 bridgehead atoms. The summed E-state index contributed by atoms with van der Waals surface area (Å²) in [7, 11) is 0. The highest BCUT2D eigenvalue weighted by molar-refractivity contribution is 5.99. The third-order valence-electron chi connectivity index (χ3n) is 2.72. The number of ether oxygens (including phenoxy) is 2. The van der Waals surface area contributed by atoms with Gasteiger partial charge in [0.25, 0.3) is 0 Å². The Hall–Kier alpha value is -1.95. The zero-order chi connectivity index (χ0) is 15.1. The van der Waals surface area contributed by atoms with Crippen molar-refractivity contribution in [2.24, 2.45) is 0 Å². The van der Waals surface area contributed by atoms with Crippen LogP contribution in [0.2, 0.25) is 0 Å². The number of aliphatic hydroxyl groups is 1. The molecule has 1 aliphatic heterocycles. The smallest absolute Gasteiger partial charge is 0.331 e. The summed E-state index contributed by atoms with van der Waals surface area (Å²) in [5, 5.41) is 9.62. The number of carbonyl (C=O) groups excluding carboxylic acids is 3. The molecule has 0 aliphatic carbocycles. The molecule has 0 radical (unpaired) electrons. The summed E-state index contributed by atoms with van der Waals surface area (Å²) in [4.78, 5) is 34.4. The Balaban J connectivity index is 2.82. The van der Waals surface area contributed by atoms with Crippen LogP contribution < -0.4 is 0 Å². The number of hydrogen-bond donors (Lipinski definition) is 1. The van der Waals surface area contributed by atoms with Crippen LogP contribution >= 0.6 is 0 Å². The van der Waals surface area contributed by atoms with Crippen LogP contribution in [-0.2, 0) is 23.9 Å². The van der Waals surface area contributed by atoms with Crippen molar-refractivity contribution in [1.29, 1.82) is 0 Å². The van der Waals surface area contributed by atoms with Crippen LogP contribution in [0.4, 0.5) is 0 Å². The van der Waals surface area contributed by atoms with Crippen LogP contribution in [0.3, 0.4) is 0 Å². The molecule has 1 unspecified atom stereocenters. The van der Waals surface area contributed by atoms with Gasteiger partial charge < -0.3 is 14.6 Å². The van der Waals surface area contributed by atoms with E-state index >= 15 is 0 Å². The third kappa shape index (κ3) is 5.79. The molecule has 1 N–H and O–H groups in total. The van der Waals surface area contributed by atoms with Crippen molar-refractivity contribution >= 4 is 17.7 Å². The molecule has 0 spiro atoms. The lowest BCUT2D eigenvalue weighted by atomic mass is 10.1. The fourth-order valence-corrected chi connectivity index (χ4v) is 1.55. The minimum absolute atomic E-state index is 0.344. The first kappa shape index (κ1) is 16.1. The first-order valence-corrected chi connectivity index (χ1v) is 6.38. The van der Waals surface area contributed by atoms with E-state index in [2.05, 4.69) is 0 Å². The van der Waals surface area contributed by atoms with E-state index < -0.39 is 36.0 Å². The monoisotopic (exact) mass is 282 g/mol. The zero-order valence-corrected chi connectivity index (χ0v) is 11.4. The second-order valence-corrected chi connectivity index (χ2v) is 4.57. The Labute approximate surface area is 117 Å². The summed E-state index contributed by atoms with van der Waals surface area (Å²) in [5.41, 5.74) is 0. The number of cyclic esters (lactones) is 2. The van der Waals surface area contributed by atoms with Gasteiger partial charge >= 0.3 is 11.9 Å². The Bertz CT molecular complexity index is 437. The topological polar surface area (TPSA) is 89.9 Å². The highest BCUT2D eigenvalue weighted by Crippen LogP contribution is 2.08. The molecule has 0 fully saturated rings. The Morgan fingerprint density at radius 1 is 1.00 bits per heavy atom. The standard InChI is InChI=1S/C14H18O6/c1-9-3-4-11(15)5-7-14(18)20-10(2)12(16)6-8-13(17)19-9/h5-11,15H,3-4H2,1-2H3/b7-5+,8-6+/t9?,10-,11-/m1/s1. The molecule has 3 atom stereocenters. The van der Waals surface area contributed by atoms with Crippen molar-refractivity contribution < 1.29 is 29.0 Å². The van der Waals surface area contributed by atoms with Crippen molar-refractivity contribution in [2.45, 2.75) is 45.0 Å². The van der Waals surface area contributed by atoms with Crippen LogP contribution in [0.1, 0.15) is 26.7 Å². The van der Waals surface area contributed by atoms with E-state index in [9.17, 15) is 19.5 Å². The molecule has 20 heavy (non-hydrogen) atoms. The molecule has 0 saturated carbocycles. The number of carbonyl (C=O) groups is 3. The lowest BCUT2D eigenvalue weighted by Crippen LogP contribution is -2.23. The maximum atomic E-state index is 11.6. The second-order valence-electron chi connectivity index (χ2n) is 4.57. The molecule has 0 saturated heterocycles. The van der Waals surface area contributed by atoms with E-state index in [1.54, 1.807) is 6.92 Å². The van der Waals surface area contributed by atoms with Gasteiger partial charge in [-0.25, -0.2) is 9.59 Å². The summed E-state index contributed by atoms with van der Waals surface area (Å²) < 4.78 is 9.85. The van der Waals surface area contributed by atoms with Crippen molar-refractivity contribution in [2.75, 3.05) is 0 Å². The molecule has 0 aromatic heterocycles. The number of esters is 2. The largest absolute Gasteiger partial charge is 0.460 e. The maximum Gasteiger partial charge on any atom is 0.331 e. The summed E-state index contributed by atoms with van der Waals surface area (Å²) in [6.45, 7) is 3.08. The normalized spacial score (nSPS) is 32.8. The first-order chi connectivity index (χ1) is 9.38. The minimum Gasteiger partial charge on any atom is -0.460 e. The van der Waals surface area contributed by atoms with Crippen LogP contribution in [0, 0.1) is 0 Å². The first-order valence-electron chi connectivity index (χ1n) is 6.38. The summed E-state index contributed by atoms with van der Waals surface area (Å²) in [6.07, 6.45) is 2.94. The van der Waals surface area contributed by atoms with Crippen molar-refractivity contribution in [3.05, 3.63) is 24.3 Å². The van der Waals surface area contributed by atoms with E-state index in [0.717, 1.165) is 18.2 Å². The van der Waals surface area contributed by atoms with E-state index in [1.165, 1.54) is 13.0 Å². The SMILES string of the molecule is CC1CC[C@@H](O)/C=C/C(=O)O[C@H](C)C(=O)/C=C/C(=O)O1. The average Bonchev–Trinajstić information content (AvgIpc) is 2.39. The van der Waals surface area contributed by atoms with Gasteiger partial charge in [-0.1, -0.05) is 0 Å². The molecule has 110 valence electrons. The molecule has 1 rings (SSSR count). The Morgan fingerprint density at radius 2 is 1.65 bits per heavy atom. The fraction of sp³-hybridized carbons (Fsp3) is 0.500. The van der Waals surface area contributed by atoms with Crippen LogP contribution in [0.25, 0.3) is 0 Å². The molecular formula is C14H18O6. The van der Waals surface area contributed by atoms with Crippen LogP contribution in [-0.4, -0.2) is 41.1 Å². The van der Waals surface area contributed by atoms with E-state index in [-0.39, 0.29) is 0 Å². The van der Waals surface area contributed by atoms with Crippen molar-refractivity contribution in [3.63, 3.8) is 0 Å². The van der Waals surface area contributed by atoms with Crippen LogP contribution in [0.5, 0.6) is 0 Å². The molecule has 1 heterocycles.